The average molecular weight is 132 g/mol. The van der Waals surface area contributed by atoms with Crippen molar-refractivity contribution in [2.45, 2.75) is 13.8 Å². The summed E-state index contributed by atoms with van der Waals surface area (Å²) < 4.78 is 11.2. The quantitative estimate of drug-likeness (QED) is 0.537. The first-order valence-corrected chi connectivity index (χ1v) is 5.22. The zero-order chi connectivity index (χ0) is 6.62. The fourth-order valence-electron chi connectivity index (χ4n) is 0.482. The van der Waals surface area contributed by atoms with Crippen LogP contribution in [0.3, 0.4) is 0 Å². The third-order valence-corrected chi connectivity index (χ3v) is 4.46. The van der Waals surface area contributed by atoms with E-state index in [2.05, 4.69) is 0 Å². The molecule has 8 heavy (non-hydrogen) atoms. The van der Waals surface area contributed by atoms with Gasteiger partial charge in [0.05, 0.1) is 7.14 Å². The van der Waals surface area contributed by atoms with Crippen LogP contribution in [0, 0.1) is 6.92 Å². The fraction of sp³-hybridized carbons (Fsp3) is 0.833. The van der Waals surface area contributed by atoms with Gasteiger partial charge in [-0.15, -0.1) is 0 Å². The SMILES string of the molecule is [CH]CP(=O)(CC)CC. The molecule has 0 aliphatic heterocycles. The molecule has 1 nitrogen and oxygen atoms in total. The van der Waals surface area contributed by atoms with Crippen molar-refractivity contribution in [2.75, 3.05) is 18.5 Å². The normalized spacial score (nSPS) is 11.9. The first kappa shape index (κ1) is 8.23. The first-order valence-electron chi connectivity index (χ1n) is 2.95. The maximum Gasteiger partial charge on any atom is 0.0875 e. The van der Waals surface area contributed by atoms with E-state index in [9.17, 15) is 4.57 Å². The molecule has 0 fully saturated rings. The predicted octanol–water partition coefficient (Wildman–Crippen LogP) is 2.10. The van der Waals surface area contributed by atoms with E-state index in [4.69, 9.17) is 6.92 Å². The maximum atomic E-state index is 11.2. The Morgan fingerprint density at radius 1 is 1.38 bits per heavy atom. The zero-order valence-corrected chi connectivity index (χ0v) is 6.45. The van der Waals surface area contributed by atoms with Gasteiger partial charge in [-0.2, -0.15) is 0 Å². The molecule has 0 saturated heterocycles. The molecule has 0 bridgehead atoms. The molecule has 2 heteroatoms. The Kier molecular flexibility index (Phi) is 3.39. The van der Waals surface area contributed by atoms with Gasteiger partial charge in [0, 0.05) is 6.16 Å². The van der Waals surface area contributed by atoms with Gasteiger partial charge in [-0.05, 0) is 19.2 Å². The van der Waals surface area contributed by atoms with E-state index in [1.165, 1.54) is 0 Å². The van der Waals surface area contributed by atoms with Crippen LogP contribution in [0.2, 0.25) is 0 Å². The molecule has 2 radical (unpaired) electrons. The van der Waals surface area contributed by atoms with E-state index in [-0.39, 0.29) is 0 Å². The highest BCUT2D eigenvalue weighted by atomic mass is 31.2. The van der Waals surface area contributed by atoms with Gasteiger partial charge in [-0.1, -0.05) is 13.8 Å². The zero-order valence-electron chi connectivity index (χ0n) is 5.55. The molecule has 0 aromatic heterocycles. The maximum absolute atomic E-state index is 11.2. The van der Waals surface area contributed by atoms with Gasteiger partial charge in [0.15, 0.2) is 0 Å². The van der Waals surface area contributed by atoms with Crippen LogP contribution < -0.4 is 0 Å². The van der Waals surface area contributed by atoms with E-state index in [1.54, 1.807) is 0 Å². The Labute approximate surface area is 51.9 Å². The Hall–Kier alpha value is 0.230. The van der Waals surface area contributed by atoms with Crippen LogP contribution in [0.4, 0.5) is 0 Å². The molecule has 0 aliphatic carbocycles. The summed E-state index contributed by atoms with van der Waals surface area (Å²) in [5, 5.41) is 0. The van der Waals surface area contributed by atoms with E-state index >= 15 is 0 Å². The highest BCUT2D eigenvalue weighted by molar-refractivity contribution is 7.63. The molecular formula is C6H13OP. The predicted molar refractivity (Wildman–Crippen MR) is 37.9 cm³/mol. The number of rotatable bonds is 3. The van der Waals surface area contributed by atoms with Gasteiger partial charge < -0.3 is 4.57 Å². The molecule has 0 saturated carbocycles. The Bertz CT molecular complexity index is 79.7. The minimum absolute atomic E-state index is 0.375. The van der Waals surface area contributed by atoms with Crippen LogP contribution in [-0.2, 0) is 4.57 Å². The van der Waals surface area contributed by atoms with Crippen LogP contribution >= 0.6 is 7.14 Å². The van der Waals surface area contributed by atoms with Gasteiger partial charge in [0.25, 0.3) is 0 Å². The third kappa shape index (κ3) is 2.00. The standard InChI is InChI=1S/C6H13OP/c1-4-8(7,5-2)6-3/h1H,4-6H2,2-3H3. The molecule has 0 heterocycles. The number of hydrogen-bond donors (Lipinski definition) is 0. The Morgan fingerprint density at radius 3 is 1.75 bits per heavy atom. The summed E-state index contributed by atoms with van der Waals surface area (Å²) in [5.74, 6) is 0. The second kappa shape index (κ2) is 3.29. The molecule has 0 spiro atoms. The topological polar surface area (TPSA) is 17.1 Å². The monoisotopic (exact) mass is 132 g/mol. The lowest BCUT2D eigenvalue weighted by Crippen LogP contribution is -1.90. The fourth-order valence-corrected chi connectivity index (χ4v) is 1.45. The summed E-state index contributed by atoms with van der Waals surface area (Å²) in [7, 11) is -1.88. The van der Waals surface area contributed by atoms with Crippen molar-refractivity contribution in [3.63, 3.8) is 0 Å². The van der Waals surface area contributed by atoms with Crippen molar-refractivity contribution in [3.05, 3.63) is 6.92 Å². The Morgan fingerprint density at radius 2 is 1.75 bits per heavy atom. The van der Waals surface area contributed by atoms with Crippen molar-refractivity contribution in [1.82, 2.24) is 0 Å². The molecule has 0 aromatic rings. The smallest absolute Gasteiger partial charge is 0.0875 e. The highest BCUT2D eigenvalue weighted by Gasteiger charge is 2.12. The van der Waals surface area contributed by atoms with Crippen LogP contribution in [0.15, 0.2) is 0 Å². The number of hydrogen-bond acceptors (Lipinski definition) is 1. The van der Waals surface area contributed by atoms with Gasteiger partial charge >= 0.3 is 0 Å². The van der Waals surface area contributed by atoms with E-state index in [0.717, 1.165) is 12.3 Å². The van der Waals surface area contributed by atoms with Gasteiger partial charge in [0.2, 0.25) is 0 Å². The van der Waals surface area contributed by atoms with Crippen LogP contribution in [-0.4, -0.2) is 18.5 Å². The van der Waals surface area contributed by atoms with E-state index in [1.807, 2.05) is 13.8 Å². The molecule has 0 amide bonds. The summed E-state index contributed by atoms with van der Waals surface area (Å²) >= 11 is 0. The van der Waals surface area contributed by atoms with Gasteiger partial charge in [-0.25, -0.2) is 0 Å². The molecule has 0 aliphatic rings. The van der Waals surface area contributed by atoms with Gasteiger partial charge in [0.1, 0.15) is 0 Å². The van der Waals surface area contributed by atoms with Crippen molar-refractivity contribution in [2.24, 2.45) is 0 Å². The molecule has 0 unspecified atom stereocenters. The second-order valence-electron chi connectivity index (χ2n) is 1.87. The first-order chi connectivity index (χ1) is 3.68. The summed E-state index contributed by atoms with van der Waals surface area (Å²) in [6.45, 7) is 9.12. The van der Waals surface area contributed by atoms with E-state index in [0.29, 0.717) is 6.16 Å². The van der Waals surface area contributed by atoms with Crippen LogP contribution in [0.25, 0.3) is 0 Å². The van der Waals surface area contributed by atoms with Crippen LogP contribution in [0.1, 0.15) is 13.8 Å². The van der Waals surface area contributed by atoms with Crippen molar-refractivity contribution >= 4 is 7.14 Å². The molecule has 0 atom stereocenters. The second-order valence-corrected chi connectivity index (χ2v) is 5.62. The molecular weight excluding hydrogens is 119 g/mol. The molecule has 0 aromatic carbocycles. The summed E-state index contributed by atoms with van der Waals surface area (Å²) in [5.41, 5.74) is 0. The van der Waals surface area contributed by atoms with Crippen molar-refractivity contribution in [1.29, 1.82) is 0 Å². The van der Waals surface area contributed by atoms with Crippen LogP contribution in [0.5, 0.6) is 0 Å². The lowest BCUT2D eigenvalue weighted by molar-refractivity contribution is 0.578. The van der Waals surface area contributed by atoms with Gasteiger partial charge in [-0.3, -0.25) is 0 Å². The van der Waals surface area contributed by atoms with E-state index < -0.39 is 7.14 Å². The largest absolute Gasteiger partial charge is 0.324 e. The Balaban J connectivity index is 3.79. The minimum Gasteiger partial charge on any atom is -0.324 e. The highest BCUT2D eigenvalue weighted by Crippen LogP contribution is 2.43. The summed E-state index contributed by atoms with van der Waals surface area (Å²) in [6.07, 6.45) is 1.88. The summed E-state index contributed by atoms with van der Waals surface area (Å²) in [6, 6.07) is 0. The average Bonchev–Trinajstić information content (AvgIpc) is 1.87. The third-order valence-electron chi connectivity index (χ3n) is 1.49. The molecule has 0 rings (SSSR count). The summed E-state index contributed by atoms with van der Waals surface area (Å²) in [4.78, 5) is 0. The molecule has 48 valence electrons. The minimum atomic E-state index is -1.88. The lowest BCUT2D eigenvalue weighted by atomic mass is 10.9. The lowest BCUT2D eigenvalue weighted by Gasteiger charge is -2.08. The van der Waals surface area contributed by atoms with Crippen molar-refractivity contribution in [3.8, 4) is 0 Å². The molecule has 0 N–H and O–H groups in total. The van der Waals surface area contributed by atoms with Crippen molar-refractivity contribution < 1.29 is 4.57 Å².